The Kier molecular flexibility index (Phi) is 8.92. The molecule has 1 amide bonds. The molecule has 1 heterocycles. The van der Waals surface area contributed by atoms with E-state index in [2.05, 4.69) is 11.8 Å². The molecule has 9 heteroatoms. The fourth-order valence-electron chi connectivity index (χ4n) is 3.89. The number of carbonyl (C=O) groups excluding carboxylic acids is 1. The van der Waals surface area contributed by atoms with E-state index in [1.807, 2.05) is 13.0 Å². The van der Waals surface area contributed by atoms with Crippen LogP contribution in [0.25, 0.3) is 0 Å². The molecule has 35 heavy (non-hydrogen) atoms. The molecule has 0 aliphatic carbocycles. The minimum Gasteiger partial charge on any atom is -0.487 e. The van der Waals surface area contributed by atoms with Crippen LogP contribution in [-0.2, 0) is 14.8 Å². The molecule has 0 saturated carbocycles. The van der Waals surface area contributed by atoms with E-state index in [0.717, 1.165) is 0 Å². The Morgan fingerprint density at radius 2 is 2.00 bits per heavy atom. The highest BCUT2D eigenvalue weighted by Crippen LogP contribution is 2.34. The number of rotatable bonds is 6. The molecule has 1 aliphatic heterocycles. The molecule has 0 aromatic heterocycles. The first-order valence-electron chi connectivity index (χ1n) is 11.4. The molecule has 0 bridgehead atoms. The highest BCUT2D eigenvalue weighted by Gasteiger charge is 2.38. The molecule has 0 fully saturated rings. The van der Waals surface area contributed by atoms with E-state index < -0.39 is 22.2 Å². The van der Waals surface area contributed by atoms with Crippen LogP contribution in [0.4, 0.5) is 0 Å². The largest absolute Gasteiger partial charge is 0.487 e. The number of nitrogens with zero attached hydrogens (tertiary/aromatic N) is 2. The average Bonchev–Trinajstić information content (AvgIpc) is 2.85. The van der Waals surface area contributed by atoms with Crippen LogP contribution in [0.3, 0.4) is 0 Å². The number of carbonyl (C=O) groups is 1. The van der Waals surface area contributed by atoms with Gasteiger partial charge in [-0.2, -0.15) is 4.31 Å². The van der Waals surface area contributed by atoms with Crippen LogP contribution in [0, 0.1) is 17.8 Å². The van der Waals surface area contributed by atoms with Gasteiger partial charge in [0.25, 0.3) is 5.91 Å². The third-order valence-corrected chi connectivity index (χ3v) is 7.96. The molecule has 0 unspecified atom stereocenters. The van der Waals surface area contributed by atoms with Gasteiger partial charge in [-0.3, -0.25) is 4.79 Å². The maximum atomic E-state index is 13.5. The molecule has 1 N–H and O–H groups in total. The van der Waals surface area contributed by atoms with Crippen LogP contribution >= 0.6 is 0 Å². The summed E-state index contributed by atoms with van der Waals surface area (Å²) in [6, 6.07) is 13.0. The summed E-state index contributed by atoms with van der Waals surface area (Å²) in [6.45, 7) is 3.85. The van der Waals surface area contributed by atoms with E-state index in [4.69, 9.17) is 9.47 Å². The third-order valence-electron chi connectivity index (χ3n) is 5.94. The summed E-state index contributed by atoms with van der Waals surface area (Å²) in [5.41, 5.74) is 1.14. The maximum Gasteiger partial charge on any atom is 0.253 e. The summed E-state index contributed by atoms with van der Waals surface area (Å²) in [4.78, 5) is 14.5. The molecular formula is C26H32N2O6S. The fourth-order valence-corrected chi connectivity index (χ4v) is 5.71. The second-order valence-electron chi connectivity index (χ2n) is 8.69. The molecule has 8 nitrogen and oxygen atoms in total. The Balaban J connectivity index is 2.01. The molecular weight excluding hydrogens is 468 g/mol. The zero-order chi connectivity index (χ0) is 25.6. The van der Waals surface area contributed by atoms with Crippen molar-refractivity contribution in [2.75, 3.05) is 40.5 Å². The lowest BCUT2D eigenvalue weighted by Crippen LogP contribution is -2.50. The van der Waals surface area contributed by atoms with Gasteiger partial charge in [-0.1, -0.05) is 37.0 Å². The SMILES string of the molecule is COCC#Cc1ccc2c(c1)O[C@H](CN(C)C(=O)c1ccccc1)[C@@H](C)CN([C@H](C)CO)S2(=O)=O. The lowest BCUT2D eigenvalue weighted by Gasteiger charge is -2.37. The Labute approximate surface area is 207 Å². The van der Waals surface area contributed by atoms with Crippen LogP contribution in [0.15, 0.2) is 53.4 Å². The molecule has 0 spiro atoms. The minimum atomic E-state index is -3.95. The van der Waals surface area contributed by atoms with Crippen LogP contribution in [0.2, 0.25) is 0 Å². The topological polar surface area (TPSA) is 96.4 Å². The van der Waals surface area contributed by atoms with Crippen molar-refractivity contribution < 1.29 is 27.8 Å². The van der Waals surface area contributed by atoms with E-state index in [1.54, 1.807) is 62.4 Å². The zero-order valence-electron chi connectivity index (χ0n) is 20.5. The normalized spacial score (nSPS) is 20.3. The molecule has 3 rings (SSSR count). The molecule has 3 atom stereocenters. The monoisotopic (exact) mass is 500 g/mol. The lowest BCUT2D eigenvalue weighted by atomic mass is 10.0. The van der Waals surface area contributed by atoms with E-state index in [1.165, 1.54) is 10.4 Å². The number of fused-ring (bicyclic) bond motifs is 1. The highest BCUT2D eigenvalue weighted by atomic mass is 32.2. The van der Waals surface area contributed by atoms with Crippen molar-refractivity contribution in [3.05, 3.63) is 59.7 Å². The number of hydrogen-bond acceptors (Lipinski definition) is 6. The quantitative estimate of drug-likeness (QED) is 0.611. The second kappa shape index (κ2) is 11.7. The van der Waals surface area contributed by atoms with Gasteiger partial charge < -0.3 is 19.5 Å². The standard InChI is InChI=1S/C26H32N2O6S/c1-19-16-28(20(2)18-29)35(31,32)25-13-12-21(9-8-14-33-4)15-23(25)34-24(19)17-27(3)26(30)22-10-6-5-7-11-22/h5-7,10-13,15,19-20,24,29H,14,16-18H2,1-4H3/t19-,20+,24+/m0/s1. The summed E-state index contributed by atoms with van der Waals surface area (Å²) in [7, 11) is -0.705. The number of amides is 1. The van der Waals surface area contributed by atoms with Gasteiger partial charge in [-0.25, -0.2) is 8.42 Å². The summed E-state index contributed by atoms with van der Waals surface area (Å²) in [5.74, 6) is 5.53. The molecule has 1 aliphatic rings. The zero-order valence-corrected chi connectivity index (χ0v) is 21.3. The molecule has 188 valence electrons. The number of aliphatic hydroxyl groups is 1. The Bertz CT molecular complexity index is 1190. The first-order chi connectivity index (χ1) is 16.7. The van der Waals surface area contributed by atoms with Crippen molar-refractivity contribution in [1.82, 2.24) is 9.21 Å². The summed E-state index contributed by atoms with van der Waals surface area (Å²) < 4.78 is 39.6. The first kappa shape index (κ1) is 26.7. The number of aliphatic hydroxyl groups excluding tert-OH is 1. The van der Waals surface area contributed by atoms with E-state index in [-0.39, 0.29) is 48.8 Å². The summed E-state index contributed by atoms with van der Waals surface area (Å²) >= 11 is 0. The van der Waals surface area contributed by atoms with Gasteiger partial charge >= 0.3 is 0 Å². The predicted octanol–water partition coefficient (Wildman–Crippen LogP) is 2.23. The number of likely N-dealkylation sites (N-methyl/N-ethyl adjacent to an activating group) is 1. The van der Waals surface area contributed by atoms with Crippen LogP contribution in [-0.4, -0.2) is 81.2 Å². The Morgan fingerprint density at radius 1 is 1.29 bits per heavy atom. The fraction of sp³-hybridized carbons (Fsp3) is 0.423. The van der Waals surface area contributed by atoms with Crippen LogP contribution in [0.1, 0.15) is 29.8 Å². The van der Waals surface area contributed by atoms with Gasteiger partial charge in [0, 0.05) is 43.8 Å². The van der Waals surface area contributed by atoms with Crippen LogP contribution < -0.4 is 4.74 Å². The molecule has 0 saturated heterocycles. The molecule has 2 aromatic carbocycles. The third kappa shape index (κ3) is 6.21. The Morgan fingerprint density at radius 3 is 2.66 bits per heavy atom. The lowest BCUT2D eigenvalue weighted by molar-refractivity contribution is 0.0563. The van der Waals surface area contributed by atoms with Gasteiger partial charge in [0.2, 0.25) is 10.0 Å². The Hall–Kier alpha value is -2.90. The minimum absolute atomic E-state index is 0.00373. The number of sulfonamides is 1. The first-order valence-corrected chi connectivity index (χ1v) is 12.8. The van der Waals surface area contributed by atoms with Crippen molar-refractivity contribution in [3.8, 4) is 17.6 Å². The van der Waals surface area contributed by atoms with E-state index in [0.29, 0.717) is 11.1 Å². The number of ether oxygens (including phenoxy) is 2. The van der Waals surface area contributed by atoms with E-state index >= 15 is 0 Å². The summed E-state index contributed by atoms with van der Waals surface area (Å²) in [6.07, 6.45) is -0.502. The van der Waals surface area contributed by atoms with Crippen molar-refractivity contribution in [2.45, 2.75) is 30.9 Å². The summed E-state index contributed by atoms with van der Waals surface area (Å²) in [5, 5.41) is 9.77. The van der Waals surface area contributed by atoms with Crippen LogP contribution in [0.5, 0.6) is 5.75 Å². The van der Waals surface area contributed by atoms with Crippen molar-refractivity contribution in [1.29, 1.82) is 0 Å². The van der Waals surface area contributed by atoms with Gasteiger partial charge in [0.1, 0.15) is 23.4 Å². The van der Waals surface area contributed by atoms with Crippen molar-refractivity contribution in [3.63, 3.8) is 0 Å². The smallest absolute Gasteiger partial charge is 0.253 e. The van der Waals surface area contributed by atoms with Gasteiger partial charge in [-0.15, -0.1) is 0 Å². The average molecular weight is 501 g/mol. The number of benzene rings is 2. The molecule has 2 aromatic rings. The number of methoxy groups -OCH3 is 1. The highest BCUT2D eigenvalue weighted by molar-refractivity contribution is 7.89. The van der Waals surface area contributed by atoms with Crippen molar-refractivity contribution in [2.24, 2.45) is 5.92 Å². The second-order valence-corrected chi connectivity index (χ2v) is 10.5. The van der Waals surface area contributed by atoms with Gasteiger partial charge in [0.05, 0.1) is 13.2 Å². The number of hydrogen-bond donors (Lipinski definition) is 1. The molecule has 0 radical (unpaired) electrons. The van der Waals surface area contributed by atoms with Crippen molar-refractivity contribution >= 4 is 15.9 Å². The predicted molar refractivity (Wildman–Crippen MR) is 133 cm³/mol. The van der Waals surface area contributed by atoms with E-state index in [9.17, 15) is 18.3 Å². The maximum absolute atomic E-state index is 13.5. The van der Waals surface area contributed by atoms with Gasteiger partial charge in [0.15, 0.2) is 0 Å². The van der Waals surface area contributed by atoms with Gasteiger partial charge in [-0.05, 0) is 37.3 Å².